The second-order valence-electron chi connectivity index (χ2n) is 7.69. The molecule has 0 aliphatic carbocycles. The van der Waals surface area contributed by atoms with Gasteiger partial charge >= 0.3 is 0 Å². The summed E-state index contributed by atoms with van der Waals surface area (Å²) in [6.45, 7) is 3.82. The van der Waals surface area contributed by atoms with Crippen LogP contribution < -0.4 is 9.47 Å². The van der Waals surface area contributed by atoms with Gasteiger partial charge in [0, 0.05) is 11.5 Å². The topological polar surface area (TPSA) is 86.7 Å². The monoisotopic (exact) mass is 518 g/mol. The van der Waals surface area contributed by atoms with E-state index in [1.165, 1.54) is 14.2 Å². The molecule has 0 saturated carbocycles. The molecule has 0 unspecified atom stereocenters. The number of methoxy groups -OCH3 is 2. The Morgan fingerprint density at radius 1 is 0.656 bits per heavy atom. The first-order chi connectivity index (χ1) is 15.1. The van der Waals surface area contributed by atoms with E-state index in [0.717, 1.165) is 0 Å². The molecule has 178 valence electrons. The Kier molecular flexibility index (Phi) is 10.3. The molecule has 0 radical (unpaired) electrons. The van der Waals surface area contributed by atoms with Gasteiger partial charge in [-0.05, 0) is 60.4 Å². The molecule has 0 aliphatic rings. The number of hydrogen-bond acceptors (Lipinski definition) is 8. The van der Waals surface area contributed by atoms with Gasteiger partial charge in [0.1, 0.15) is 11.5 Å². The number of rotatable bonds is 13. The number of sulfone groups is 2. The summed E-state index contributed by atoms with van der Waals surface area (Å²) in [4.78, 5) is 0.584. The highest BCUT2D eigenvalue weighted by Gasteiger charge is 2.21. The Morgan fingerprint density at radius 2 is 0.969 bits per heavy atom. The molecular weight excluding hydrogens is 489 g/mol. The van der Waals surface area contributed by atoms with Gasteiger partial charge in [-0.1, -0.05) is 35.4 Å². The van der Waals surface area contributed by atoms with E-state index in [0.29, 0.717) is 32.8 Å². The molecule has 0 N–H and O–H groups in total. The van der Waals surface area contributed by atoms with Crippen LogP contribution in [-0.2, 0) is 19.7 Å². The number of hydrogen-bond donors (Lipinski definition) is 0. The van der Waals surface area contributed by atoms with Gasteiger partial charge in [-0.2, -0.15) is 0 Å². The first-order valence-corrected chi connectivity index (χ1v) is 15.8. The molecule has 6 nitrogen and oxygen atoms in total. The predicted octanol–water partition coefficient (Wildman–Crippen LogP) is 4.61. The first kappa shape index (κ1) is 26.9. The van der Waals surface area contributed by atoms with Crippen molar-refractivity contribution >= 4 is 41.3 Å². The maximum Gasteiger partial charge on any atom is 0.178 e. The van der Waals surface area contributed by atoms with E-state index >= 15 is 0 Å². The Hall–Kier alpha value is -1.36. The number of ether oxygens (including phenoxy) is 2. The molecule has 2 aromatic rings. The lowest BCUT2D eigenvalue weighted by molar-refractivity contribution is 0.414. The Balaban J connectivity index is 1.76. The van der Waals surface area contributed by atoms with Crippen molar-refractivity contribution in [3.63, 3.8) is 0 Å². The highest BCUT2D eigenvalue weighted by atomic mass is 33.1. The third-order valence-electron chi connectivity index (χ3n) is 4.63. The Bertz CT molecular complexity index is 961. The third-order valence-corrected chi connectivity index (χ3v) is 11.5. The van der Waals surface area contributed by atoms with Gasteiger partial charge in [0.25, 0.3) is 0 Å². The maximum atomic E-state index is 12.6. The van der Waals surface area contributed by atoms with Crippen LogP contribution in [-0.4, -0.2) is 54.1 Å². The van der Waals surface area contributed by atoms with E-state index in [1.54, 1.807) is 70.1 Å². The molecule has 2 rings (SSSR count). The molecule has 2 atom stereocenters. The minimum Gasteiger partial charge on any atom is -0.497 e. The molecule has 2 aromatic carbocycles. The van der Waals surface area contributed by atoms with Gasteiger partial charge in [-0.15, -0.1) is 0 Å². The normalized spacial score (nSPS) is 14.0. The molecule has 0 aromatic heterocycles. The van der Waals surface area contributed by atoms with Gasteiger partial charge in [0.05, 0.1) is 35.5 Å². The van der Waals surface area contributed by atoms with Crippen LogP contribution >= 0.6 is 21.6 Å². The van der Waals surface area contributed by atoms with Crippen molar-refractivity contribution < 1.29 is 26.3 Å². The largest absolute Gasteiger partial charge is 0.497 e. The van der Waals surface area contributed by atoms with E-state index in [4.69, 9.17) is 9.47 Å². The third kappa shape index (κ3) is 8.20. The molecule has 0 saturated heterocycles. The van der Waals surface area contributed by atoms with Crippen molar-refractivity contribution in [2.45, 2.75) is 23.6 Å². The summed E-state index contributed by atoms with van der Waals surface area (Å²) in [5, 5.41) is 0. The smallest absolute Gasteiger partial charge is 0.178 e. The summed E-state index contributed by atoms with van der Waals surface area (Å²) < 4.78 is 60.5. The predicted molar refractivity (Wildman–Crippen MR) is 133 cm³/mol. The van der Waals surface area contributed by atoms with Crippen molar-refractivity contribution in [3.05, 3.63) is 48.5 Å². The number of benzene rings is 2. The Labute approximate surface area is 199 Å². The molecule has 0 heterocycles. The van der Waals surface area contributed by atoms with Gasteiger partial charge in [0.2, 0.25) is 0 Å². The summed E-state index contributed by atoms with van der Waals surface area (Å²) in [6.07, 6.45) is 0. The summed E-state index contributed by atoms with van der Waals surface area (Å²) in [7, 11) is -0.495. The van der Waals surface area contributed by atoms with E-state index in [9.17, 15) is 16.8 Å². The highest BCUT2D eigenvalue weighted by molar-refractivity contribution is 8.76. The SMILES string of the molecule is COc1ccc(S(=O)(=O)C[C@@H](C)CSSC[C@H](C)CS(=O)(=O)c2ccc(OC)cc2)cc1. The standard InChI is InChI=1S/C22H30O6S4/c1-17(15-31(23,24)21-9-5-19(27-3)6-10-21)13-29-30-14-18(2)16-32(25,26)22-11-7-20(28-4)8-12-22/h5-12,17-18H,13-16H2,1-4H3/t17-,18-/m0/s1. The summed E-state index contributed by atoms with van der Waals surface area (Å²) in [5.41, 5.74) is 0. The van der Waals surface area contributed by atoms with Crippen LogP contribution in [0.5, 0.6) is 11.5 Å². The molecule has 32 heavy (non-hydrogen) atoms. The average Bonchev–Trinajstić information content (AvgIpc) is 2.76. The fourth-order valence-corrected chi connectivity index (χ4v) is 9.32. The zero-order chi connectivity index (χ0) is 23.8. The quantitative estimate of drug-likeness (QED) is 0.281. The molecule has 0 bridgehead atoms. The van der Waals surface area contributed by atoms with Gasteiger partial charge in [-0.25, -0.2) is 16.8 Å². The molecule has 0 fully saturated rings. The molecule has 0 amide bonds. The van der Waals surface area contributed by atoms with Crippen molar-refractivity contribution in [1.29, 1.82) is 0 Å². The van der Waals surface area contributed by atoms with Crippen molar-refractivity contribution in [1.82, 2.24) is 0 Å². The fourth-order valence-electron chi connectivity index (χ4n) is 2.93. The highest BCUT2D eigenvalue weighted by Crippen LogP contribution is 2.29. The van der Waals surface area contributed by atoms with Gasteiger partial charge < -0.3 is 9.47 Å². The molecule has 10 heteroatoms. The van der Waals surface area contributed by atoms with Gasteiger partial charge in [-0.3, -0.25) is 0 Å². The zero-order valence-corrected chi connectivity index (χ0v) is 22.0. The zero-order valence-electron chi connectivity index (χ0n) is 18.7. The van der Waals surface area contributed by atoms with Crippen LogP contribution in [0.25, 0.3) is 0 Å². The molecular formula is C22H30O6S4. The van der Waals surface area contributed by atoms with Crippen LogP contribution in [0, 0.1) is 11.8 Å². The maximum absolute atomic E-state index is 12.6. The van der Waals surface area contributed by atoms with Crippen LogP contribution in [0.1, 0.15) is 13.8 Å². The first-order valence-electron chi connectivity index (χ1n) is 10.1. The summed E-state index contributed by atoms with van der Waals surface area (Å²) in [5.74, 6) is 2.63. The van der Waals surface area contributed by atoms with E-state index < -0.39 is 19.7 Å². The van der Waals surface area contributed by atoms with Crippen LogP contribution in [0.3, 0.4) is 0 Å². The lowest BCUT2D eigenvalue weighted by Gasteiger charge is -2.14. The lowest BCUT2D eigenvalue weighted by Crippen LogP contribution is -2.16. The second-order valence-corrected chi connectivity index (χ2v) is 14.3. The summed E-state index contributed by atoms with van der Waals surface area (Å²) in [6, 6.07) is 12.8. The van der Waals surface area contributed by atoms with Crippen LogP contribution in [0.2, 0.25) is 0 Å². The van der Waals surface area contributed by atoms with Crippen molar-refractivity contribution in [2.75, 3.05) is 37.2 Å². The van der Waals surface area contributed by atoms with Crippen LogP contribution in [0.4, 0.5) is 0 Å². The second kappa shape index (κ2) is 12.2. The molecule has 0 aliphatic heterocycles. The molecule has 0 spiro atoms. The lowest BCUT2D eigenvalue weighted by atomic mass is 10.3. The van der Waals surface area contributed by atoms with E-state index in [2.05, 4.69) is 0 Å². The van der Waals surface area contributed by atoms with Gasteiger partial charge in [0.15, 0.2) is 19.7 Å². The van der Waals surface area contributed by atoms with E-state index in [-0.39, 0.29) is 23.3 Å². The fraction of sp³-hybridized carbons (Fsp3) is 0.455. The van der Waals surface area contributed by atoms with Crippen molar-refractivity contribution in [3.8, 4) is 11.5 Å². The Morgan fingerprint density at radius 3 is 1.25 bits per heavy atom. The average molecular weight is 519 g/mol. The minimum absolute atomic E-state index is 0.0297. The van der Waals surface area contributed by atoms with Crippen LogP contribution in [0.15, 0.2) is 58.3 Å². The minimum atomic E-state index is -3.36. The summed E-state index contributed by atoms with van der Waals surface area (Å²) >= 11 is 0. The van der Waals surface area contributed by atoms with E-state index in [1.807, 2.05) is 13.8 Å². The van der Waals surface area contributed by atoms with Crippen molar-refractivity contribution in [2.24, 2.45) is 11.8 Å².